The number of amides is 1. The molecule has 6 heteroatoms. The first-order chi connectivity index (χ1) is 15.3. The van der Waals surface area contributed by atoms with Crippen LogP contribution in [0.2, 0.25) is 0 Å². The molecule has 1 amide bonds. The van der Waals surface area contributed by atoms with Gasteiger partial charge in [-0.1, -0.05) is 48.2 Å². The Morgan fingerprint density at radius 1 is 1.10 bits per heavy atom. The molecule has 5 nitrogen and oxygen atoms in total. The van der Waals surface area contributed by atoms with Crippen molar-refractivity contribution in [2.24, 2.45) is 5.92 Å². The first-order valence-corrected chi connectivity index (χ1v) is 12.0. The number of hydrogen-bond donors (Lipinski definition) is 1. The molecule has 0 aliphatic carbocycles. The number of pyridine rings is 1. The van der Waals surface area contributed by atoms with E-state index >= 15 is 0 Å². The molecule has 0 unspecified atom stereocenters. The Kier molecular flexibility index (Phi) is 6.09. The second-order valence-electron chi connectivity index (χ2n) is 8.44. The molecule has 0 bridgehead atoms. The zero-order chi connectivity index (χ0) is 21.0. The third-order valence-electron chi connectivity index (χ3n) is 6.25. The average molecular weight is 433 g/mol. The van der Waals surface area contributed by atoms with E-state index in [0.717, 1.165) is 40.2 Å². The van der Waals surface area contributed by atoms with Gasteiger partial charge in [0, 0.05) is 6.54 Å². The summed E-state index contributed by atoms with van der Waals surface area (Å²) in [6, 6.07) is 16.8. The Bertz CT molecular complexity index is 1080. The van der Waals surface area contributed by atoms with Crippen LogP contribution in [0.1, 0.15) is 30.5 Å². The Morgan fingerprint density at radius 3 is 2.77 bits per heavy atom. The summed E-state index contributed by atoms with van der Waals surface area (Å²) in [6.07, 6.45) is 8.48. The molecule has 31 heavy (non-hydrogen) atoms. The van der Waals surface area contributed by atoms with Crippen LogP contribution in [0.5, 0.6) is 0 Å². The van der Waals surface area contributed by atoms with Crippen LogP contribution in [0.15, 0.2) is 64.7 Å². The number of carbonyl (C=O) groups is 1. The highest BCUT2D eigenvalue weighted by Crippen LogP contribution is 2.34. The standard InChI is InChI=1S/C25H28N4OS/c30-25(22-17-21-18-27-23-8-4-9-24(31-22)29(21)23)26-12-5-13-28-14-10-20(11-15-28)16-19-6-2-1-3-7-19/h1-4,6-9,17-18,20H,5,10-16H2,(H,26,30). The van der Waals surface area contributed by atoms with Crippen molar-refractivity contribution in [2.45, 2.75) is 30.7 Å². The topological polar surface area (TPSA) is 49.6 Å². The molecule has 2 aromatic heterocycles. The molecular formula is C25H28N4OS. The predicted molar refractivity (Wildman–Crippen MR) is 126 cm³/mol. The maximum Gasteiger partial charge on any atom is 0.258 e. The van der Waals surface area contributed by atoms with Crippen molar-refractivity contribution in [3.63, 3.8) is 0 Å². The van der Waals surface area contributed by atoms with Crippen LogP contribution in [0.4, 0.5) is 0 Å². The number of nitrogens with zero attached hydrogens (tertiary/aromatic N) is 3. The second kappa shape index (κ2) is 9.28. The van der Waals surface area contributed by atoms with Crippen molar-refractivity contribution < 1.29 is 4.79 Å². The van der Waals surface area contributed by atoms with Gasteiger partial charge in [0.25, 0.3) is 5.91 Å². The summed E-state index contributed by atoms with van der Waals surface area (Å²) in [5.41, 5.74) is 3.34. The number of imidazole rings is 1. The monoisotopic (exact) mass is 432 g/mol. The molecule has 1 saturated heterocycles. The van der Waals surface area contributed by atoms with Crippen LogP contribution in [-0.4, -0.2) is 46.4 Å². The van der Waals surface area contributed by atoms with Gasteiger partial charge in [0.15, 0.2) is 0 Å². The van der Waals surface area contributed by atoms with Crippen molar-refractivity contribution in [3.8, 4) is 0 Å². The zero-order valence-corrected chi connectivity index (χ0v) is 18.5. The van der Waals surface area contributed by atoms with Gasteiger partial charge in [0.1, 0.15) is 5.65 Å². The molecule has 1 N–H and O–H groups in total. The number of thioether (sulfide) groups is 1. The minimum absolute atomic E-state index is 0.0102. The number of benzene rings is 1. The lowest BCUT2D eigenvalue weighted by molar-refractivity contribution is -0.116. The summed E-state index contributed by atoms with van der Waals surface area (Å²) in [6.45, 7) is 4.10. The van der Waals surface area contributed by atoms with Crippen molar-refractivity contribution in [1.29, 1.82) is 0 Å². The Morgan fingerprint density at radius 2 is 1.94 bits per heavy atom. The largest absolute Gasteiger partial charge is 0.352 e. The van der Waals surface area contributed by atoms with Crippen molar-refractivity contribution in [1.82, 2.24) is 19.6 Å². The number of piperidine rings is 1. The van der Waals surface area contributed by atoms with E-state index in [9.17, 15) is 4.79 Å². The van der Waals surface area contributed by atoms with Gasteiger partial charge in [-0.2, -0.15) is 0 Å². The molecule has 160 valence electrons. The second-order valence-corrected chi connectivity index (χ2v) is 9.50. The highest BCUT2D eigenvalue weighted by atomic mass is 32.2. The van der Waals surface area contributed by atoms with Crippen LogP contribution in [0.25, 0.3) is 11.7 Å². The highest BCUT2D eigenvalue weighted by molar-refractivity contribution is 8.04. The van der Waals surface area contributed by atoms with E-state index in [1.54, 1.807) is 0 Å². The zero-order valence-electron chi connectivity index (χ0n) is 17.7. The van der Waals surface area contributed by atoms with Crippen molar-refractivity contribution >= 4 is 29.4 Å². The molecule has 1 aromatic carbocycles. The van der Waals surface area contributed by atoms with E-state index in [1.807, 2.05) is 30.5 Å². The first-order valence-electron chi connectivity index (χ1n) is 11.2. The highest BCUT2D eigenvalue weighted by Gasteiger charge is 2.21. The van der Waals surface area contributed by atoms with Gasteiger partial charge in [-0.25, -0.2) is 4.98 Å². The Hall–Kier alpha value is -2.57. The number of hydrogen-bond acceptors (Lipinski definition) is 4. The lowest BCUT2D eigenvalue weighted by Crippen LogP contribution is -2.36. The summed E-state index contributed by atoms with van der Waals surface area (Å²) < 4.78 is 2.09. The summed E-state index contributed by atoms with van der Waals surface area (Å²) >= 11 is 1.51. The third kappa shape index (κ3) is 4.70. The smallest absolute Gasteiger partial charge is 0.258 e. The van der Waals surface area contributed by atoms with Crippen LogP contribution in [0, 0.1) is 5.92 Å². The quantitative estimate of drug-likeness (QED) is 0.568. The van der Waals surface area contributed by atoms with Crippen LogP contribution >= 0.6 is 11.8 Å². The van der Waals surface area contributed by atoms with E-state index in [0.29, 0.717) is 6.54 Å². The molecule has 0 spiro atoms. The summed E-state index contributed by atoms with van der Waals surface area (Å²) in [5, 5.41) is 4.14. The molecule has 0 atom stereocenters. The maximum atomic E-state index is 12.7. The summed E-state index contributed by atoms with van der Waals surface area (Å²) in [7, 11) is 0. The van der Waals surface area contributed by atoms with E-state index in [1.165, 1.54) is 49.7 Å². The summed E-state index contributed by atoms with van der Waals surface area (Å²) in [5.74, 6) is 0.808. The van der Waals surface area contributed by atoms with E-state index in [-0.39, 0.29) is 5.91 Å². The van der Waals surface area contributed by atoms with Gasteiger partial charge in [0.2, 0.25) is 0 Å². The minimum atomic E-state index is 0.0102. The molecule has 2 aliphatic rings. The fourth-order valence-electron chi connectivity index (χ4n) is 4.55. The number of rotatable bonds is 7. The van der Waals surface area contributed by atoms with Gasteiger partial charge in [-0.05, 0) is 75.0 Å². The molecule has 5 rings (SSSR count). The number of nitrogens with one attached hydrogen (secondary N) is 1. The number of aromatic nitrogens is 2. The van der Waals surface area contributed by atoms with Gasteiger partial charge in [0.05, 0.1) is 21.8 Å². The molecule has 0 saturated carbocycles. The molecule has 0 radical (unpaired) electrons. The van der Waals surface area contributed by atoms with Crippen molar-refractivity contribution in [3.05, 3.63) is 70.9 Å². The van der Waals surface area contributed by atoms with Crippen LogP contribution in [0.3, 0.4) is 0 Å². The molecule has 3 aromatic rings. The predicted octanol–water partition coefficient (Wildman–Crippen LogP) is 4.24. The molecular weight excluding hydrogens is 404 g/mol. The van der Waals surface area contributed by atoms with E-state index in [4.69, 9.17) is 0 Å². The van der Waals surface area contributed by atoms with Gasteiger partial charge in [-0.15, -0.1) is 0 Å². The van der Waals surface area contributed by atoms with Gasteiger partial charge < -0.3 is 10.2 Å². The Labute approximate surface area is 187 Å². The normalized spacial score (nSPS) is 17.0. The fraction of sp³-hybridized carbons (Fsp3) is 0.360. The van der Waals surface area contributed by atoms with E-state index in [2.05, 4.69) is 49.9 Å². The lowest BCUT2D eigenvalue weighted by atomic mass is 9.90. The van der Waals surface area contributed by atoms with Crippen molar-refractivity contribution in [2.75, 3.05) is 26.2 Å². The Balaban J connectivity index is 1.04. The van der Waals surface area contributed by atoms with Crippen LogP contribution < -0.4 is 5.32 Å². The fourth-order valence-corrected chi connectivity index (χ4v) is 5.56. The molecule has 2 aliphatic heterocycles. The average Bonchev–Trinajstić information content (AvgIpc) is 3.23. The van der Waals surface area contributed by atoms with Crippen LogP contribution in [-0.2, 0) is 11.2 Å². The minimum Gasteiger partial charge on any atom is -0.352 e. The van der Waals surface area contributed by atoms with Gasteiger partial charge in [-0.3, -0.25) is 9.20 Å². The summed E-state index contributed by atoms with van der Waals surface area (Å²) in [4.78, 5) is 20.4. The van der Waals surface area contributed by atoms with E-state index < -0.39 is 0 Å². The molecule has 4 heterocycles. The maximum absolute atomic E-state index is 12.7. The lowest BCUT2D eigenvalue weighted by Gasteiger charge is -2.32. The SMILES string of the molecule is O=C(NCCCN1CCC(Cc2ccccc2)CC1)C1=Cc2cnc3cccc(n23)S1. The first kappa shape index (κ1) is 20.3. The molecule has 1 fully saturated rings. The number of likely N-dealkylation sites (tertiary alicyclic amines) is 1. The number of carbonyl (C=O) groups excluding carboxylic acids is 1. The third-order valence-corrected chi connectivity index (χ3v) is 7.30. The van der Waals surface area contributed by atoms with Gasteiger partial charge >= 0.3 is 0 Å².